The standard InChI is InChI=1S/C19H21N3O5/c23-16-5-3-15(4-6-16)18(24)21-11-17-12-22(8-9-26-17)19(25)27-13-14-2-1-7-20-10-14/h1-7,10,17,23H,8-9,11-13H2,(H,21,24). The Morgan fingerprint density at radius 3 is 2.85 bits per heavy atom. The Morgan fingerprint density at radius 1 is 1.30 bits per heavy atom. The Balaban J connectivity index is 1.45. The SMILES string of the molecule is O=C(NCC1CN(C(=O)OCc2cccnc2)CCO1)c1ccc(O)cc1. The zero-order valence-electron chi connectivity index (χ0n) is 14.7. The van der Waals surface area contributed by atoms with Crippen LogP contribution in [0.15, 0.2) is 48.8 Å². The van der Waals surface area contributed by atoms with Gasteiger partial charge < -0.3 is 24.8 Å². The Kier molecular flexibility index (Phi) is 6.22. The van der Waals surface area contributed by atoms with Crippen molar-refractivity contribution in [1.29, 1.82) is 0 Å². The third-order valence-electron chi connectivity index (χ3n) is 4.10. The molecule has 27 heavy (non-hydrogen) atoms. The van der Waals surface area contributed by atoms with Crippen LogP contribution in [-0.4, -0.2) is 59.3 Å². The normalized spacial score (nSPS) is 16.6. The molecule has 0 bridgehead atoms. The van der Waals surface area contributed by atoms with Crippen LogP contribution in [0.5, 0.6) is 5.75 Å². The van der Waals surface area contributed by atoms with Gasteiger partial charge in [-0.05, 0) is 30.3 Å². The third-order valence-corrected chi connectivity index (χ3v) is 4.10. The van der Waals surface area contributed by atoms with Gasteiger partial charge in [-0.15, -0.1) is 0 Å². The number of benzene rings is 1. The highest BCUT2D eigenvalue weighted by molar-refractivity contribution is 5.94. The largest absolute Gasteiger partial charge is 0.508 e. The first kappa shape index (κ1) is 18.7. The molecule has 1 fully saturated rings. The van der Waals surface area contributed by atoms with Crippen LogP contribution < -0.4 is 5.32 Å². The van der Waals surface area contributed by atoms with E-state index in [1.165, 1.54) is 24.3 Å². The minimum atomic E-state index is -0.419. The second kappa shape index (κ2) is 9.00. The molecule has 1 aliphatic rings. The van der Waals surface area contributed by atoms with E-state index in [4.69, 9.17) is 9.47 Å². The van der Waals surface area contributed by atoms with Gasteiger partial charge in [0, 0.05) is 36.6 Å². The number of carbonyl (C=O) groups is 2. The van der Waals surface area contributed by atoms with Crippen LogP contribution in [0.4, 0.5) is 4.79 Å². The number of hydrogen-bond donors (Lipinski definition) is 2. The van der Waals surface area contributed by atoms with E-state index in [9.17, 15) is 14.7 Å². The topological polar surface area (TPSA) is 101 Å². The maximum atomic E-state index is 12.2. The smallest absolute Gasteiger partial charge is 0.410 e. The van der Waals surface area contributed by atoms with Crippen molar-refractivity contribution in [3.8, 4) is 5.75 Å². The van der Waals surface area contributed by atoms with Crippen molar-refractivity contribution in [2.24, 2.45) is 0 Å². The summed E-state index contributed by atoms with van der Waals surface area (Å²) < 4.78 is 10.9. The molecule has 1 aromatic carbocycles. The average Bonchev–Trinajstić information content (AvgIpc) is 2.71. The zero-order valence-corrected chi connectivity index (χ0v) is 14.7. The van der Waals surface area contributed by atoms with Crippen LogP contribution in [0.1, 0.15) is 15.9 Å². The first-order valence-electron chi connectivity index (χ1n) is 8.61. The first-order chi connectivity index (χ1) is 13.1. The van der Waals surface area contributed by atoms with Gasteiger partial charge >= 0.3 is 6.09 Å². The molecule has 2 aromatic rings. The molecule has 8 heteroatoms. The van der Waals surface area contributed by atoms with Gasteiger partial charge in [0.05, 0.1) is 19.3 Å². The highest BCUT2D eigenvalue weighted by Gasteiger charge is 2.25. The van der Waals surface area contributed by atoms with Gasteiger partial charge in [-0.25, -0.2) is 4.79 Å². The van der Waals surface area contributed by atoms with Gasteiger partial charge in [0.25, 0.3) is 5.91 Å². The van der Waals surface area contributed by atoms with Gasteiger partial charge in [-0.3, -0.25) is 9.78 Å². The lowest BCUT2D eigenvalue weighted by Crippen LogP contribution is -2.49. The van der Waals surface area contributed by atoms with Crippen molar-refractivity contribution in [3.05, 3.63) is 59.9 Å². The zero-order chi connectivity index (χ0) is 19.1. The lowest BCUT2D eigenvalue weighted by atomic mass is 10.2. The van der Waals surface area contributed by atoms with Crippen LogP contribution in [0, 0.1) is 0 Å². The minimum absolute atomic E-state index is 0.0996. The second-order valence-electron chi connectivity index (χ2n) is 6.11. The number of pyridine rings is 1. The molecule has 2 heterocycles. The molecule has 142 valence electrons. The molecular weight excluding hydrogens is 350 g/mol. The van der Waals surface area contributed by atoms with Crippen LogP contribution in [0.2, 0.25) is 0 Å². The number of hydrogen-bond acceptors (Lipinski definition) is 6. The van der Waals surface area contributed by atoms with E-state index in [1.54, 1.807) is 23.4 Å². The van der Waals surface area contributed by atoms with E-state index < -0.39 is 6.09 Å². The lowest BCUT2D eigenvalue weighted by molar-refractivity contribution is -0.0264. The predicted molar refractivity (Wildman–Crippen MR) is 96.2 cm³/mol. The van der Waals surface area contributed by atoms with E-state index in [0.29, 0.717) is 25.3 Å². The summed E-state index contributed by atoms with van der Waals surface area (Å²) in [6, 6.07) is 9.59. The minimum Gasteiger partial charge on any atom is -0.508 e. The molecule has 0 saturated carbocycles. The first-order valence-corrected chi connectivity index (χ1v) is 8.61. The monoisotopic (exact) mass is 371 g/mol. The van der Waals surface area contributed by atoms with E-state index in [2.05, 4.69) is 10.3 Å². The fraction of sp³-hybridized carbons (Fsp3) is 0.316. The lowest BCUT2D eigenvalue weighted by Gasteiger charge is -2.32. The predicted octanol–water partition coefficient (Wildman–Crippen LogP) is 1.55. The van der Waals surface area contributed by atoms with Gasteiger partial charge in [0.2, 0.25) is 0 Å². The molecule has 0 aliphatic carbocycles. The van der Waals surface area contributed by atoms with Crippen LogP contribution in [-0.2, 0) is 16.1 Å². The highest BCUT2D eigenvalue weighted by Crippen LogP contribution is 2.11. The van der Waals surface area contributed by atoms with Crippen molar-refractivity contribution >= 4 is 12.0 Å². The summed E-state index contributed by atoms with van der Waals surface area (Å²) >= 11 is 0. The number of aromatic hydroxyl groups is 1. The number of morpholine rings is 1. The number of aromatic nitrogens is 1. The Hall–Kier alpha value is -3.13. The quantitative estimate of drug-likeness (QED) is 0.827. The molecule has 1 aromatic heterocycles. The van der Waals surface area contributed by atoms with Crippen molar-refractivity contribution in [2.45, 2.75) is 12.7 Å². The number of carbonyl (C=O) groups excluding carboxylic acids is 2. The average molecular weight is 371 g/mol. The molecule has 1 unspecified atom stereocenters. The summed E-state index contributed by atoms with van der Waals surface area (Å²) in [5.74, 6) is -0.169. The third kappa shape index (κ3) is 5.42. The molecule has 8 nitrogen and oxygen atoms in total. The molecule has 1 aliphatic heterocycles. The van der Waals surface area contributed by atoms with Crippen molar-refractivity contribution in [1.82, 2.24) is 15.2 Å². The van der Waals surface area contributed by atoms with E-state index >= 15 is 0 Å². The van der Waals surface area contributed by atoms with E-state index in [0.717, 1.165) is 5.56 Å². The molecule has 3 rings (SSSR count). The summed E-state index contributed by atoms with van der Waals surface area (Å²) in [5, 5.41) is 12.0. The summed E-state index contributed by atoms with van der Waals surface area (Å²) in [6.07, 6.45) is 2.57. The van der Waals surface area contributed by atoms with Gasteiger partial charge in [0.1, 0.15) is 12.4 Å². The number of amides is 2. The summed E-state index contributed by atoms with van der Waals surface area (Å²) in [5.41, 5.74) is 1.26. The molecule has 0 radical (unpaired) electrons. The molecule has 0 spiro atoms. The number of nitrogens with zero attached hydrogens (tertiary/aromatic N) is 2. The van der Waals surface area contributed by atoms with Crippen LogP contribution in [0.25, 0.3) is 0 Å². The van der Waals surface area contributed by atoms with Crippen molar-refractivity contribution < 1.29 is 24.2 Å². The summed E-state index contributed by atoms with van der Waals surface area (Å²) in [4.78, 5) is 29.9. The Bertz CT molecular complexity index is 767. The van der Waals surface area contributed by atoms with Gasteiger partial charge in [-0.1, -0.05) is 6.07 Å². The number of rotatable bonds is 5. The Morgan fingerprint density at radius 2 is 2.11 bits per heavy atom. The molecule has 1 saturated heterocycles. The Labute approximate surface area is 156 Å². The molecular formula is C19H21N3O5. The maximum Gasteiger partial charge on any atom is 0.410 e. The van der Waals surface area contributed by atoms with Gasteiger partial charge in [0.15, 0.2) is 0 Å². The van der Waals surface area contributed by atoms with E-state index in [-0.39, 0.29) is 30.9 Å². The van der Waals surface area contributed by atoms with Crippen molar-refractivity contribution in [2.75, 3.05) is 26.2 Å². The fourth-order valence-corrected chi connectivity index (χ4v) is 2.65. The van der Waals surface area contributed by atoms with Crippen LogP contribution >= 0.6 is 0 Å². The van der Waals surface area contributed by atoms with Crippen LogP contribution in [0.3, 0.4) is 0 Å². The number of ether oxygens (including phenoxy) is 2. The second-order valence-corrected chi connectivity index (χ2v) is 6.11. The number of nitrogens with one attached hydrogen (secondary N) is 1. The molecule has 1 atom stereocenters. The van der Waals surface area contributed by atoms with Crippen molar-refractivity contribution in [3.63, 3.8) is 0 Å². The highest BCUT2D eigenvalue weighted by atomic mass is 16.6. The summed E-state index contributed by atoms with van der Waals surface area (Å²) in [7, 11) is 0. The van der Waals surface area contributed by atoms with E-state index in [1.807, 2.05) is 6.07 Å². The molecule has 2 N–H and O–H groups in total. The molecule has 2 amide bonds. The van der Waals surface area contributed by atoms with Gasteiger partial charge in [-0.2, -0.15) is 0 Å². The fourth-order valence-electron chi connectivity index (χ4n) is 2.65. The number of phenolic OH excluding ortho intramolecular Hbond substituents is 1. The summed E-state index contributed by atoms with van der Waals surface area (Å²) in [6.45, 7) is 1.58. The maximum absolute atomic E-state index is 12.2. The number of phenols is 1.